The van der Waals surface area contributed by atoms with Crippen molar-refractivity contribution in [3.8, 4) is 0 Å². The van der Waals surface area contributed by atoms with Crippen molar-refractivity contribution in [1.29, 1.82) is 0 Å². The third-order valence-corrected chi connectivity index (χ3v) is 3.35. The zero-order valence-electron chi connectivity index (χ0n) is 8.42. The molecule has 1 nitrogen and oxygen atoms in total. The van der Waals surface area contributed by atoms with Gasteiger partial charge in [-0.2, -0.15) is 0 Å². The van der Waals surface area contributed by atoms with E-state index in [4.69, 9.17) is 23.2 Å². The Bertz CT molecular complexity index is 374. The molecule has 0 aromatic carbocycles. The molecule has 0 N–H and O–H groups in total. The molecule has 15 heavy (non-hydrogen) atoms. The summed E-state index contributed by atoms with van der Waals surface area (Å²) in [6, 6.07) is 1.97. The highest BCUT2D eigenvalue weighted by atomic mass is 35.5. The molecule has 3 heteroatoms. The van der Waals surface area contributed by atoms with E-state index in [2.05, 4.69) is 11.1 Å². The Morgan fingerprint density at radius 2 is 2.33 bits per heavy atom. The molecule has 1 aliphatic rings. The number of hydrogen-bond acceptors (Lipinski definition) is 1. The lowest BCUT2D eigenvalue weighted by Crippen LogP contribution is -2.05. The molecule has 80 valence electrons. The summed E-state index contributed by atoms with van der Waals surface area (Å²) in [7, 11) is 0. The summed E-state index contributed by atoms with van der Waals surface area (Å²) >= 11 is 12.2. The molecule has 1 aliphatic carbocycles. The zero-order valence-corrected chi connectivity index (χ0v) is 9.93. The molecule has 0 saturated carbocycles. The van der Waals surface area contributed by atoms with Gasteiger partial charge in [0.25, 0.3) is 0 Å². The van der Waals surface area contributed by atoms with Crippen LogP contribution in [0.25, 0.3) is 0 Å². The quantitative estimate of drug-likeness (QED) is 0.564. The average molecular weight is 242 g/mol. The smallest absolute Gasteiger partial charge is 0.0624 e. The number of pyridine rings is 1. The van der Waals surface area contributed by atoms with E-state index in [0.717, 1.165) is 29.8 Å². The van der Waals surface area contributed by atoms with E-state index >= 15 is 0 Å². The van der Waals surface area contributed by atoms with Gasteiger partial charge in [-0.25, -0.2) is 0 Å². The fraction of sp³-hybridized carbons (Fsp3) is 0.417. The van der Waals surface area contributed by atoms with Crippen LogP contribution in [0.15, 0.2) is 30.1 Å². The third-order valence-electron chi connectivity index (χ3n) is 2.67. The monoisotopic (exact) mass is 241 g/mol. The maximum absolute atomic E-state index is 6.10. The van der Waals surface area contributed by atoms with Crippen molar-refractivity contribution >= 4 is 23.2 Å². The van der Waals surface area contributed by atoms with Crippen molar-refractivity contribution in [2.75, 3.05) is 0 Å². The summed E-state index contributed by atoms with van der Waals surface area (Å²) in [5.74, 6) is 0. The van der Waals surface area contributed by atoms with Gasteiger partial charge in [0.2, 0.25) is 0 Å². The molecule has 1 unspecified atom stereocenters. The second-order valence-electron chi connectivity index (χ2n) is 3.88. The van der Waals surface area contributed by atoms with Gasteiger partial charge in [0.05, 0.1) is 10.4 Å². The minimum atomic E-state index is 0.203. The largest absolute Gasteiger partial charge is 0.263 e. The average Bonchev–Trinajstić information content (AvgIpc) is 2.22. The molecule has 0 radical (unpaired) electrons. The van der Waals surface area contributed by atoms with Gasteiger partial charge in [0, 0.05) is 12.4 Å². The fourth-order valence-electron chi connectivity index (χ4n) is 1.89. The third kappa shape index (κ3) is 2.96. The van der Waals surface area contributed by atoms with Crippen LogP contribution < -0.4 is 0 Å². The summed E-state index contributed by atoms with van der Waals surface area (Å²) in [6.45, 7) is 0. The van der Waals surface area contributed by atoms with Gasteiger partial charge in [-0.3, -0.25) is 4.98 Å². The van der Waals surface area contributed by atoms with Crippen LogP contribution in [0.4, 0.5) is 0 Å². The molecule has 1 aromatic rings. The second kappa shape index (κ2) is 5.00. The van der Waals surface area contributed by atoms with Gasteiger partial charge in [0.1, 0.15) is 0 Å². The predicted molar refractivity (Wildman–Crippen MR) is 64.5 cm³/mol. The van der Waals surface area contributed by atoms with Crippen LogP contribution in [0.5, 0.6) is 0 Å². The van der Waals surface area contributed by atoms with Crippen LogP contribution in [0.3, 0.4) is 0 Å². The lowest BCUT2D eigenvalue weighted by Gasteiger charge is -2.16. The standard InChI is InChI=1S/C12H13Cl2N/c13-11-3-1-2-9(7-11)6-10-4-5-15-8-12(10)14/h4-5,7-8,11H,1-3,6H2. The van der Waals surface area contributed by atoms with Crippen LogP contribution in [0.2, 0.25) is 5.02 Å². The second-order valence-corrected chi connectivity index (χ2v) is 4.84. The van der Waals surface area contributed by atoms with Crippen molar-refractivity contribution in [3.63, 3.8) is 0 Å². The number of nitrogens with zero attached hydrogens (tertiary/aromatic N) is 1. The van der Waals surface area contributed by atoms with E-state index in [1.807, 2.05) is 6.07 Å². The van der Waals surface area contributed by atoms with Gasteiger partial charge >= 0.3 is 0 Å². The first-order valence-corrected chi connectivity index (χ1v) is 5.99. The lowest BCUT2D eigenvalue weighted by atomic mass is 9.94. The maximum Gasteiger partial charge on any atom is 0.0624 e. The zero-order chi connectivity index (χ0) is 10.7. The summed E-state index contributed by atoms with van der Waals surface area (Å²) in [5.41, 5.74) is 2.54. The Hall–Kier alpha value is -0.530. The first-order chi connectivity index (χ1) is 7.25. The lowest BCUT2D eigenvalue weighted by molar-refractivity contribution is 0.693. The van der Waals surface area contributed by atoms with Crippen LogP contribution in [-0.2, 0) is 6.42 Å². The van der Waals surface area contributed by atoms with Gasteiger partial charge in [-0.05, 0) is 37.3 Å². The van der Waals surface area contributed by atoms with Gasteiger partial charge in [0.15, 0.2) is 0 Å². The Balaban J connectivity index is 2.12. The first-order valence-electron chi connectivity index (χ1n) is 5.18. The van der Waals surface area contributed by atoms with Gasteiger partial charge in [-0.1, -0.05) is 23.3 Å². The SMILES string of the molecule is Clc1cnccc1CC1=CC(Cl)CCC1. The summed E-state index contributed by atoms with van der Waals surface area (Å²) < 4.78 is 0. The van der Waals surface area contributed by atoms with Crippen molar-refractivity contribution in [2.45, 2.75) is 31.1 Å². The molecule has 0 amide bonds. The topological polar surface area (TPSA) is 12.9 Å². The van der Waals surface area contributed by atoms with Gasteiger partial charge in [-0.15, -0.1) is 11.6 Å². The highest BCUT2D eigenvalue weighted by molar-refractivity contribution is 6.31. The van der Waals surface area contributed by atoms with Gasteiger partial charge < -0.3 is 0 Å². The van der Waals surface area contributed by atoms with E-state index in [1.165, 1.54) is 12.0 Å². The molecule has 0 spiro atoms. The predicted octanol–water partition coefficient (Wildman–Crippen LogP) is 4.00. The van der Waals surface area contributed by atoms with E-state index in [-0.39, 0.29) is 5.38 Å². The number of aromatic nitrogens is 1. The molecule has 1 heterocycles. The van der Waals surface area contributed by atoms with Crippen molar-refractivity contribution < 1.29 is 0 Å². The minimum Gasteiger partial charge on any atom is -0.263 e. The van der Waals surface area contributed by atoms with Crippen LogP contribution in [-0.4, -0.2) is 10.4 Å². The molecular formula is C12H13Cl2N. The van der Waals surface area contributed by atoms with E-state index in [9.17, 15) is 0 Å². The Morgan fingerprint density at radius 3 is 3.07 bits per heavy atom. The number of halogens is 2. The Morgan fingerprint density at radius 1 is 1.47 bits per heavy atom. The number of allylic oxidation sites excluding steroid dienone is 2. The number of hydrogen-bond donors (Lipinski definition) is 0. The van der Waals surface area contributed by atoms with Crippen molar-refractivity contribution in [1.82, 2.24) is 4.98 Å². The minimum absolute atomic E-state index is 0.203. The first kappa shape index (κ1) is 11.0. The van der Waals surface area contributed by atoms with Crippen molar-refractivity contribution in [3.05, 3.63) is 40.7 Å². The maximum atomic E-state index is 6.10. The molecule has 1 atom stereocenters. The molecular weight excluding hydrogens is 229 g/mol. The number of alkyl halides is 1. The molecule has 0 fully saturated rings. The van der Waals surface area contributed by atoms with Crippen molar-refractivity contribution in [2.24, 2.45) is 0 Å². The van der Waals surface area contributed by atoms with Crippen LogP contribution in [0.1, 0.15) is 24.8 Å². The van der Waals surface area contributed by atoms with E-state index in [0.29, 0.717) is 0 Å². The summed E-state index contributed by atoms with van der Waals surface area (Å²) in [5, 5.41) is 0.949. The Kier molecular flexibility index (Phi) is 3.66. The van der Waals surface area contributed by atoms with E-state index < -0.39 is 0 Å². The normalized spacial score (nSPS) is 21.2. The molecule has 0 bridgehead atoms. The molecule has 1 aromatic heterocycles. The summed E-state index contributed by atoms with van der Waals surface area (Å²) in [6.07, 6.45) is 9.97. The number of rotatable bonds is 2. The molecule has 2 rings (SSSR count). The summed E-state index contributed by atoms with van der Waals surface area (Å²) in [4.78, 5) is 3.98. The molecule has 0 aliphatic heterocycles. The van der Waals surface area contributed by atoms with Crippen LogP contribution in [0, 0.1) is 0 Å². The molecule has 0 saturated heterocycles. The Labute approximate surface area is 100 Å². The fourth-order valence-corrected chi connectivity index (χ4v) is 2.40. The van der Waals surface area contributed by atoms with Crippen LogP contribution >= 0.6 is 23.2 Å². The highest BCUT2D eigenvalue weighted by Gasteiger charge is 2.12. The van der Waals surface area contributed by atoms with E-state index in [1.54, 1.807) is 12.4 Å². The highest BCUT2D eigenvalue weighted by Crippen LogP contribution is 2.26.